The van der Waals surface area contributed by atoms with Crippen LogP contribution in [0.25, 0.3) is 10.9 Å². The van der Waals surface area contributed by atoms with Crippen molar-refractivity contribution in [1.82, 2.24) is 4.98 Å². The van der Waals surface area contributed by atoms with E-state index in [0.717, 1.165) is 31.2 Å². The Morgan fingerprint density at radius 3 is 3.00 bits per heavy atom. The van der Waals surface area contributed by atoms with E-state index in [4.69, 9.17) is 4.74 Å². The van der Waals surface area contributed by atoms with Gasteiger partial charge in [0, 0.05) is 29.9 Å². The molecule has 2 aromatic rings. The summed E-state index contributed by atoms with van der Waals surface area (Å²) in [6, 6.07) is 8.14. The van der Waals surface area contributed by atoms with Crippen LogP contribution in [0.3, 0.4) is 0 Å². The maximum Gasteiger partial charge on any atom is 0.306 e. The number of carbonyl (C=O) groups is 2. The molecule has 1 heterocycles. The van der Waals surface area contributed by atoms with Gasteiger partial charge in [0.2, 0.25) is 0 Å². The number of aromatic nitrogens is 1. The lowest BCUT2D eigenvalue weighted by atomic mass is 9.96. The first-order chi connectivity index (χ1) is 10.7. The minimum absolute atomic E-state index is 0.0798. The molecule has 0 radical (unpaired) electrons. The first kappa shape index (κ1) is 14.8. The summed E-state index contributed by atoms with van der Waals surface area (Å²) in [5.41, 5.74) is 2.34. The lowest BCUT2D eigenvalue weighted by Gasteiger charge is -2.20. The zero-order valence-corrected chi connectivity index (χ0v) is 12.6. The smallest absolute Gasteiger partial charge is 0.306 e. The molecule has 1 fully saturated rings. The number of para-hydroxylation sites is 1. The topological polar surface area (TPSA) is 59.2 Å². The highest BCUT2D eigenvalue weighted by molar-refractivity contribution is 5.86. The van der Waals surface area contributed by atoms with Gasteiger partial charge in [-0.1, -0.05) is 18.2 Å². The van der Waals surface area contributed by atoms with Crippen molar-refractivity contribution in [1.29, 1.82) is 0 Å². The van der Waals surface area contributed by atoms with Gasteiger partial charge in [-0.3, -0.25) is 9.59 Å². The van der Waals surface area contributed by atoms with Crippen molar-refractivity contribution in [2.24, 2.45) is 0 Å². The van der Waals surface area contributed by atoms with E-state index in [1.54, 1.807) is 0 Å². The van der Waals surface area contributed by atoms with Crippen LogP contribution in [0.4, 0.5) is 0 Å². The highest BCUT2D eigenvalue weighted by Gasteiger charge is 2.25. The first-order valence-corrected chi connectivity index (χ1v) is 8.01. The molecule has 116 valence electrons. The second-order valence-corrected chi connectivity index (χ2v) is 5.90. The molecule has 0 bridgehead atoms. The van der Waals surface area contributed by atoms with Crippen molar-refractivity contribution in [3.05, 3.63) is 36.0 Å². The summed E-state index contributed by atoms with van der Waals surface area (Å²) >= 11 is 0. The van der Waals surface area contributed by atoms with Crippen molar-refractivity contribution in [2.75, 3.05) is 0 Å². The second-order valence-electron chi connectivity index (χ2n) is 5.90. The molecule has 22 heavy (non-hydrogen) atoms. The van der Waals surface area contributed by atoms with Crippen LogP contribution in [-0.4, -0.2) is 22.8 Å². The number of ketones is 1. The highest BCUT2D eigenvalue weighted by Crippen LogP contribution is 2.21. The van der Waals surface area contributed by atoms with Crippen LogP contribution in [0.2, 0.25) is 0 Å². The molecule has 0 unspecified atom stereocenters. The van der Waals surface area contributed by atoms with E-state index >= 15 is 0 Å². The van der Waals surface area contributed by atoms with Gasteiger partial charge in [0.05, 0.1) is 0 Å². The molecule has 1 atom stereocenters. The average molecular weight is 299 g/mol. The van der Waals surface area contributed by atoms with E-state index in [1.807, 2.05) is 24.4 Å². The molecule has 1 aliphatic rings. The zero-order chi connectivity index (χ0) is 15.4. The van der Waals surface area contributed by atoms with Crippen LogP contribution in [0.15, 0.2) is 30.5 Å². The number of fused-ring (bicyclic) bond motifs is 1. The minimum Gasteiger partial charge on any atom is -0.454 e. The van der Waals surface area contributed by atoms with Crippen molar-refractivity contribution in [2.45, 2.75) is 51.0 Å². The number of hydrogen-bond acceptors (Lipinski definition) is 3. The third-order valence-corrected chi connectivity index (χ3v) is 4.27. The number of ether oxygens (including phenoxy) is 1. The lowest BCUT2D eigenvalue weighted by molar-refractivity contribution is -0.156. The standard InChI is InChI=1S/C18H21NO3/c20-16-9-3-4-10-17(16)22-18(21)11-5-6-13-12-19-15-8-2-1-7-14(13)15/h1-2,7-8,12,17,19H,3-6,9-11H2/t17-/m0/s1. The molecule has 3 rings (SSSR count). The van der Waals surface area contributed by atoms with Crippen LogP contribution >= 0.6 is 0 Å². The zero-order valence-electron chi connectivity index (χ0n) is 12.6. The molecule has 0 spiro atoms. The number of hydrogen-bond donors (Lipinski definition) is 1. The van der Waals surface area contributed by atoms with E-state index < -0.39 is 6.10 Å². The Morgan fingerprint density at radius 1 is 1.27 bits per heavy atom. The Morgan fingerprint density at radius 2 is 2.14 bits per heavy atom. The van der Waals surface area contributed by atoms with E-state index in [9.17, 15) is 9.59 Å². The molecule has 0 amide bonds. The Bertz CT molecular complexity index is 674. The number of carbonyl (C=O) groups excluding carboxylic acids is 2. The van der Waals surface area contributed by atoms with Crippen molar-refractivity contribution in [3.8, 4) is 0 Å². The maximum absolute atomic E-state index is 11.9. The van der Waals surface area contributed by atoms with E-state index in [1.165, 1.54) is 10.9 Å². The number of rotatable bonds is 5. The number of nitrogens with one attached hydrogen (secondary N) is 1. The van der Waals surface area contributed by atoms with Gasteiger partial charge < -0.3 is 9.72 Å². The third kappa shape index (κ3) is 3.38. The Balaban J connectivity index is 1.48. The maximum atomic E-state index is 11.9. The summed E-state index contributed by atoms with van der Waals surface area (Å²) in [6.45, 7) is 0. The van der Waals surface area contributed by atoms with Crippen LogP contribution in [0.5, 0.6) is 0 Å². The second kappa shape index (κ2) is 6.77. The number of aromatic amines is 1. The predicted molar refractivity (Wildman–Crippen MR) is 84.6 cm³/mol. The van der Waals surface area contributed by atoms with Gasteiger partial charge in [-0.25, -0.2) is 0 Å². The minimum atomic E-state index is -0.491. The van der Waals surface area contributed by atoms with Gasteiger partial charge in [-0.15, -0.1) is 0 Å². The van der Waals surface area contributed by atoms with E-state index in [2.05, 4.69) is 11.1 Å². The molecular weight excluding hydrogens is 278 g/mol. The van der Waals surface area contributed by atoms with Crippen LogP contribution < -0.4 is 0 Å². The fourth-order valence-corrected chi connectivity index (χ4v) is 3.05. The van der Waals surface area contributed by atoms with Gasteiger partial charge in [-0.05, 0) is 43.7 Å². The predicted octanol–water partition coefficient (Wildman–Crippen LogP) is 3.55. The average Bonchev–Trinajstić information content (AvgIpc) is 2.93. The Kier molecular flexibility index (Phi) is 4.56. The molecule has 1 aromatic heterocycles. The summed E-state index contributed by atoms with van der Waals surface area (Å²) in [5, 5.41) is 1.21. The molecule has 1 aromatic carbocycles. The summed E-state index contributed by atoms with van der Waals surface area (Å²) in [4.78, 5) is 26.8. The monoisotopic (exact) mass is 299 g/mol. The normalized spacial score (nSPS) is 18.5. The van der Waals surface area contributed by atoms with E-state index in [-0.39, 0.29) is 11.8 Å². The highest BCUT2D eigenvalue weighted by atomic mass is 16.5. The number of benzene rings is 1. The molecule has 1 saturated carbocycles. The lowest BCUT2D eigenvalue weighted by Crippen LogP contribution is -2.30. The van der Waals surface area contributed by atoms with Crippen LogP contribution in [0, 0.1) is 0 Å². The van der Waals surface area contributed by atoms with E-state index in [0.29, 0.717) is 19.3 Å². The SMILES string of the molecule is O=C(CCCc1c[nH]c2ccccc12)O[C@H]1CCCCC1=O. The first-order valence-electron chi connectivity index (χ1n) is 8.01. The van der Waals surface area contributed by atoms with Gasteiger partial charge in [0.1, 0.15) is 0 Å². The summed E-state index contributed by atoms with van der Waals surface area (Å²) in [5.74, 6) is -0.170. The molecule has 1 N–H and O–H groups in total. The van der Waals surface area contributed by atoms with Crippen LogP contribution in [0.1, 0.15) is 44.1 Å². The molecule has 0 saturated heterocycles. The molecule has 1 aliphatic carbocycles. The quantitative estimate of drug-likeness (QED) is 0.859. The Hall–Kier alpha value is -2.10. The number of aryl methyl sites for hydroxylation is 1. The third-order valence-electron chi connectivity index (χ3n) is 4.27. The number of esters is 1. The molecular formula is C18H21NO3. The fraction of sp³-hybridized carbons (Fsp3) is 0.444. The van der Waals surface area contributed by atoms with Crippen LogP contribution in [-0.2, 0) is 20.7 Å². The van der Waals surface area contributed by atoms with Gasteiger partial charge in [0.25, 0.3) is 0 Å². The summed E-state index contributed by atoms with van der Waals surface area (Å²) in [6.07, 6.45) is 6.57. The van der Waals surface area contributed by atoms with Crippen molar-refractivity contribution in [3.63, 3.8) is 0 Å². The molecule has 4 heteroatoms. The summed E-state index contributed by atoms with van der Waals surface area (Å²) in [7, 11) is 0. The number of H-pyrrole nitrogens is 1. The molecule has 4 nitrogen and oxygen atoms in total. The Labute approximate surface area is 129 Å². The largest absolute Gasteiger partial charge is 0.454 e. The van der Waals surface area contributed by atoms with Crippen molar-refractivity contribution >= 4 is 22.7 Å². The molecule has 0 aliphatic heterocycles. The van der Waals surface area contributed by atoms with Crippen molar-refractivity contribution < 1.29 is 14.3 Å². The fourth-order valence-electron chi connectivity index (χ4n) is 3.05. The number of Topliss-reactive ketones (excluding diaryl/α,β-unsaturated/α-hetero) is 1. The van der Waals surface area contributed by atoms with Gasteiger partial charge >= 0.3 is 5.97 Å². The van der Waals surface area contributed by atoms with Gasteiger partial charge in [-0.2, -0.15) is 0 Å². The van der Waals surface area contributed by atoms with Gasteiger partial charge in [0.15, 0.2) is 11.9 Å². The summed E-state index contributed by atoms with van der Waals surface area (Å²) < 4.78 is 5.31.